The normalized spacial score (nSPS) is 16.2. The van der Waals surface area contributed by atoms with Crippen molar-refractivity contribution in [1.29, 1.82) is 0 Å². The molecule has 0 saturated heterocycles. The second-order valence-electron chi connectivity index (χ2n) is 5.83. The fourth-order valence-corrected chi connectivity index (χ4v) is 3.21. The van der Waals surface area contributed by atoms with Gasteiger partial charge in [0.15, 0.2) is 11.5 Å². The van der Waals surface area contributed by atoms with Gasteiger partial charge < -0.3 is 14.8 Å². The minimum absolute atomic E-state index is 0.0303. The van der Waals surface area contributed by atoms with Crippen LogP contribution in [0.15, 0.2) is 42.5 Å². The lowest BCUT2D eigenvalue weighted by atomic mass is 9.87. The first-order valence-electron chi connectivity index (χ1n) is 8.10. The van der Waals surface area contributed by atoms with E-state index in [1.807, 2.05) is 24.3 Å². The molecular formula is C19H19F2NO3. The van der Waals surface area contributed by atoms with Crippen LogP contribution in [0.5, 0.6) is 11.5 Å². The SMILES string of the molecule is COc1cccc(C(=O)NC2CCCc3ccccc32)c1OC(F)F. The summed E-state index contributed by atoms with van der Waals surface area (Å²) in [6.07, 6.45) is 2.74. The number of alkyl halides is 2. The summed E-state index contributed by atoms with van der Waals surface area (Å²) < 4.78 is 35.0. The van der Waals surface area contributed by atoms with E-state index < -0.39 is 12.5 Å². The highest BCUT2D eigenvalue weighted by atomic mass is 19.3. The van der Waals surface area contributed by atoms with Crippen LogP contribution in [-0.2, 0) is 6.42 Å². The average Bonchev–Trinajstić information content (AvgIpc) is 2.61. The fraction of sp³-hybridized carbons (Fsp3) is 0.316. The highest BCUT2D eigenvalue weighted by Gasteiger charge is 2.25. The number of ether oxygens (including phenoxy) is 2. The smallest absolute Gasteiger partial charge is 0.387 e. The number of carbonyl (C=O) groups excluding carboxylic acids is 1. The van der Waals surface area contributed by atoms with Gasteiger partial charge in [-0.2, -0.15) is 8.78 Å². The van der Waals surface area contributed by atoms with Crippen LogP contribution in [0.3, 0.4) is 0 Å². The van der Waals surface area contributed by atoms with Crippen molar-refractivity contribution in [3.05, 3.63) is 59.2 Å². The van der Waals surface area contributed by atoms with Crippen LogP contribution in [0.1, 0.15) is 40.4 Å². The molecule has 1 N–H and O–H groups in total. The number of hydrogen-bond donors (Lipinski definition) is 1. The summed E-state index contributed by atoms with van der Waals surface area (Å²) in [5.41, 5.74) is 2.30. The standard InChI is InChI=1S/C19H19F2NO3/c1-24-16-11-5-9-14(17(16)25-19(20)21)18(23)22-15-10-4-7-12-6-2-3-8-13(12)15/h2-3,5-6,8-9,11,15,19H,4,7,10H2,1H3,(H,22,23). The van der Waals surface area contributed by atoms with E-state index in [0.717, 1.165) is 24.8 Å². The highest BCUT2D eigenvalue weighted by molar-refractivity contribution is 5.98. The summed E-state index contributed by atoms with van der Waals surface area (Å²) in [6.45, 7) is -3.04. The van der Waals surface area contributed by atoms with Gasteiger partial charge in [0.25, 0.3) is 5.91 Å². The second-order valence-corrected chi connectivity index (χ2v) is 5.83. The summed E-state index contributed by atoms with van der Waals surface area (Å²) in [5.74, 6) is -0.616. The van der Waals surface area contributed by atoms with Crippen molar-refractivity contribution in [1.82, 2.24) is 5.32 Å². The number of methoxy groups -OCH3 is 1. The van der Waals surface area contributed by atoms with Crippen LogP contribution in [0, 0.1) is 0 Å². The third-order valence-electron chi connectivity index (χ3n) is 4.33. The van der Waals surface area contributed by atoms with Gasteiger partial charge in [-0.25, -0.2) is 0 Å². The molecular weight excluding hydrogens is 328 g/mol. The Morgan fingerprint density at radius 3 is 2.76 bits per heavy atom. The van der Waals surface area contributed by atoms with Crippen molar-refractivity contribution in [3.8, 4) is 11.5 Å². The average molecular weight is 347 g/mol. The van der Waals surface area contributed by atoms with Crippen molar-refractivity contribution >= 4 is 5.91 Å². The van der Waals surface area contributed by atoms with Crippen molar-refractivity contribution in [2.45, 2.75) is 31.9 Å². The Morgan fingerprint density at radius 1 is 1.20 bits per heavy atom. The van der Waals surface area contributed by atoms with Crippen LogP contribution >= 0.6 is 0 Å². The summed E-state index contributed by atoms with van der Waals surface area (Å²) >= 11 is 0. The van der Waals surface area contributed by atoms with Crippen LogP contribution in [-0.4, -0.2) is 19.6 Å². The van der Waals surface area contributed by atoms with Gasteiger partial charge >= 0.3 is 6.61 Å². The van der Waals surface area contributed by atoms with Gasteiger partial charge in [0, 0.05) is 0 Å². The number of benzene rings is 2. The van der Waals surface area contributed by atoms with Gasteiger partial charge in [-0.05, 0) is 42.5 Å². The molecule has 0 fully saturated rings. The molecule has 2 aromatic rings. The molecule has 0 aromatic heterocycles. The lowest BCUT2D eigenvalue weighted by Gasteiger charge is -2.26. The number of halogens is 2. The maximum Gasteiger partial charge on any atom is 0.387 e. The minimum atomic E-state index is -3.04. The molecule has 0 radical (unpaired) electrons. The molecule has 0 aliphatic heterocycles. The van der Waals surface area contributed by atoms with Crippen molar-refractivity contribution in [2.24, 2.45) is 0 Å². The molecule has 1 atom stereocenters. The molecule has 4 nitrogen and oxygen atoms in total. The monoisotopic (exact) mass is 347 g/mol. The van der Waals surface area contributed by atoms with Crippen molar-refractivity contribution in [2.75, 3.05) is 7.11 Å². The molecule has 3 rings (SSSR count). The van der Waals surface area contributed by atoms with E-state index in [2.05, 4.69) is 10.1 Å². The number of para-hydroxylation sites is 1. The number of nitrogens with one attached hydrogen (secondary N) is 1. The first kappa shape index (κ1) is 17.2. The Balaban J connectivity index is 1.87. The Morgan fingerprint density at radius 2 is 2.00 bits per heavy atom. The molecule has 0 saturated carbocycles. The van der Waals surface area contributed by atoms with Crippen molar-refractivity contribution in [3.63, 3.8) is 0 Å². The van der Waals surface area contributed by atoms with Crippen LogP contribution < -0.4 is 14.8 Å². The lowest BCUT2D eigenvalue weighted by molar-refractivity contribution is -0.0515. The number of rotatable bonds is 5. The molecule has 0 bridgehead atoms. The van der Waals surface area contributed by atoms with Gasteiger partial charge in [0.05, 0.1) is 18.7 Å². The second kappa shape index (κ2) is 7.51. The Bertz CT molecular complexity index is 764. The zero-order valence-electron chi connectivity index (χ0n) is 13.8. The molecule has 132 valence electrons. The topological polar surface area (TPSA) is 47.6 Å². The third-order valence-corrected chi connectivity index (χ3v) is 4.33. The molecule has 0 spiro atoms. The lowest BCUT2D eigenvalue weighted by Crippen LogP contribution is -2.31. The fourth-order valence-electron chi connectivity index (χ4n) is 3.21. The van der Waals surface area contributed by atoms with Gasteiger partial charge in [0.1, 0.15) is 0 Å². The van der Waals surface area contributed by atoms with Crippen LogP contribution in [0.2, 0.25) is 0 Å². The molecule has 1 aliphatic rings. The Hall–Kier alpha value is -2.63. The first-order valence-corrected chi connectivity index (χ1v) is 8.10. The van der Waals surface area contributed by atoms with Gasteiger partial charge in [-0.3, -0.25) is 4.79 Å². The maximum absolute atomic E-state index is 12.7. The van der Waals surface area contributed by atoms with Gasteiger partial charge in [0.2, 0.25) is 0 Å². The van der Waals surface area contributed by atoms with Crippen LogP contribution in [0.25, 0.3) is 0 Å². The molecule has 1 aliphatic carbocycles. The highest BCUT2D eigenvalue weighted by Crippen LogP contribution is 2.34. The van der Waals surface area contributed by atoms with E-state index >= 15 is 0 Å². The molecule has 1 unspecified atom stereocenters. The number of aryl methyl sites for hydroxylation is 1. The quantitative estimate of drug-likeness (QED) is 0.886. The maximum atomic E-state index is 12.7. The predicted octanol–water partition coefficient (Wildman–Crippen LogP) is 4.10. The summed E-state index contributed by atoms with van der Waals surface area (Å²) in [6, 6.07) is 12.3. The zero-order chi connectivity index (χ0) is 17.8. The summed E-state index contributed by atoms with van der Waals surface area (Å²) in [5, 5.41) is 2.94. The third kappa shape index (κ3) is 3.73. The van der Waals surface area contributed by atoms with Gasteiger partial charge in [-0.15, -0.1) is 0 Å². The van der Waals surface area contributed by atoms with E-state index in [0.29, 0.717) is 0 Å². The van der Waals surface area contributed by atoms with E-state index in [-0.39, 0.29) is 23.1 Å². The Labute approximate surface area is 144 Å². The first-order chi connectivity index (χ1) is 12.1. The number of amides is 1. The number of fused-ring (bicyclic) bond motifs is 1. The minimum Gasteiger partial charge on any atom is -0.493 e. The molecule has 6 heteroatoms. The van der Waals surface area contributed by atoms with E-state index in [1.165, 1.54) is 24.8 Å². The number of hydrogen-bond acceptors (Lipinski definition) is 3. The summed E-state index contributed by atoms with van der Waals surface area (Å²) in [7, 11) is 1.34. The van der Waals surface area contributed by atoms with Crippen LogP contribution in [0.4, 0.5) is 8.78 Å². The molecule has 2 aromatic carbocycles. The predicted molar refractivity (Wildman–Crippen MR) is 89.2 cm³/mol. The summed E-state index contributed by atoms with van der Waals surface area (Å²) in [4.78, 5) is 12.7. The number of carbonyl (C=O) groups is 1. The van der Waals surface area contributed by atoms with Gasteiger partial charge in [-0.1, -0.05) is 30.3 Å². The molecule has 1 amide bonds. The van der Waals surface area contributed by atoms with E-state index in [1.54, 1.807) is 6.07 Å². The van der Waals surface area contributed by atoms with E-state index in [9.17, 15) is 13.6 Å². The zero-order valence-corrected chi connectivity index (χ0v) is 13.8. The Kier molecular flexibility index (Phi) is 5.16. The van der Waals surface area contributed by atoms with Crippen molar-refractivity contribution < 1.29 is 23.0 Å². The molecule has 0 heterocycles. The van der Waals surface area contributed by atoms with E-state index in [4.69, 9.17) is 4.74 Å². The molecule has 25 heavy (non-hydrogen) atoms. The largest absolute Gasteiger partial charge is 0.493 e.